The first-order valence-electron chi connectivity index (χ1n) is 11.6. The highest BCUT2D eigenvalue weighted by molar-refractivity contribution is 7.86. The number of pyridine rings is 2. The second-order valence-corrected chi connectivity index (χ2v) is 11.4. The molecule has 2 aromatic carbocycles. The van der Waals surface area contributed by atoms with Gasteiger partial charge in [0.1, 0.15) is 9.79 Å². The molecular formula is C25H24N6O6S3. The highest BCUT2D eigenvalue weighted by Crippen LogP contribution is 2.30. The van der Waals surface area contributed by atoms with E-state index in [-0.39, 0.29) is 39.1 Å². The Balaban J connectivity index is 1.42. The van der Waals surface area contributed by atoms with E-state index in [0.29, 0.717) is 22.5 Å². The van der Waals surface area contributed by atoms with Crippen LogP contribution in [0, 0.1) is 0 Å². The number of thiocarbonyl (C=S) groups is 1. The van der Waals surface area contributed by atoms with Gasteiger partial charge in [0.25, 0.3) is 20.2 Å². The van der Waals surface area contributed by atoms with Crippen LogP contribution in [-0.4, -0.2) is 41.0 Å². The zero-order chi connectivity index (χ0) is 28.8. The molecule has 40 heavy (non-hydrogen) atoms. The predicted molar refractivity (Wildman–Crippen MR) is 152 cm³/mol. The number of nitrogens with one attached hydrogen (secondary N) is 4. The fraction of sp³-hybridized carbons (Fsp3) is 0.0800. The Labute approximate surface area is 236 Å². The van der Waals surface area contributed by atoms with Gasteiger partial charge in [-0.3, -0.25) is 29.9 Å². The Morgan fingerprint density at radius 1 is 0.650 bits per heavy atom. The summed E-state index contributed by atoms with van der Waals surface area (Å²) >= 11 is 5.26. The zero-order valence-corrected chi connectivity index (χ0v) is 23.1. The van der Waals surface area contributed by atoms with Gasteiger partial charge in [-0.15, -0.1) is 0 Å². The van der Waals surface area contributed by atoms with Crippen molar-refractivity contribution >= 4 is 37.6 Å². The largest absolute Gasteiger partial charge is 0.297 e. The van der Waals surface area contributed by atoms with Crippen LogP contribution in [0.2, 0.25) is 0 Å². The summed E-state index contributed by atoms with van der Waals surface area (Å²) in [5, 5.41) is 0.121. The van der Waals surface area contributed by atoms with Gasteiger partial charge in [0.15, 0.2) is 5.11 Å². The van der Waals surface area contributed by atoms with Crippen molar-refractivity contribution in [2.45, 2.75) is 22.9 Å². The number of hydrogen-bond acceptors (Lipinski definition) is 9. The first-order chi connectivity index (χ1) is 19.1. The van der Waals surface area contributed by atoms with Crippen LogP contribution in [0.5, 0.6) is 0 Å². The number of hydrogen-bond donors (Lipinski definition) is 6. The molecule has 2 heterocycles. The Morgan fingerprint density at radius 2 is 1.07 bits per heavy atom. The van der Waals surface area contributed by atoms with E-state index in [9.17, 15) is 25.9 Å². The van der Waals surface area contributed by atoms with Gasteiger partial charge in [0, 0.05) is 36.6 Å². The molecule has 0 aliphatic rings. The van der Waals surface area contributed by atoms with Crippen molar-refractivity contribution in [1.82, 2.24) is 31.7 Å². The number of hydrazine groups is 2. The summed E-state index contributed by atoms with van der Waals surface area (Å²) in [6.07, 6.45) is 3.03. The number of rotatable bonds is 10. The van der Waals surface area contributed by atoms with E-state index < -0.39 is 20.2 Å². The molecule has 6 N–H and O–H groups in total. The summed E-state index contributed by atoms with van der Waals surface area (Å²) in [4.78, 5) is 7.89. The molecule has 0 atom stereocenters. The Bertz CT molecular complexity index is 1590. The van der Waals surface area contributed by atoms with Crippen LogP contribution in [0.25, 0.3) is 22.5 Å². The Kier molecular flexibility index (Phi) is 9.16. The molecule has 0 saturated heterocycles. The smallest absolute Gasteiger partial charge is 0.295 e. The SMILES string of the molecule is O=S(=O)(O)c1cccc(CNNC(=S)NNCc2cccc(S(=O)(=O)O)c2-c2ccccn2)c1-c1ccccn1. The van der Waals surface area contributed by atoms with Gasteiger partial charge in [-0.1, -0.05) is 36.4 Å². The first kappa shape index (κ1) is 29.2. The van der Waals surface area contributed by atoms with Crippen molar-refractivity contribution in [3.8, 4) is 22.5 Å². The Hall–Kier alpha value is -3.83. The predicted octanol–water partition coefficient (Wildman–Crippen LogP) is 2.48. The summed E-state index contributed by atoms with van der Waals surface area (Å²) in [6, 6.07) is 19.0. The fourth-order valence-electron chi connectivity index (χ4n) is 3.95. The average Bonchev–Trinajstić information content (AvgIpc) is 2.93. The van der Waals surface area contributed by atoms with Crippen LogP contribution in [0.4, 0.5) is 0 Å². The molecule has 12 nitrogen and oxygen atoms in total. The molecule has 0 amide bonds. The molecule has 0 aliphatic heterocycles. The molecule has 4 aromatic rings. The summed E-state index contributed by atoms with van der Waals surface area (Å²) < 4.78 is 67.4. The molecule has 0 unspecified atom stereocenters. The lowest BCUT2D eigenvalue weighted by Gasteiger charge is -2.17. The van der Waals surface area contributed by atoms with Gasteiger partial charge in [0.2, 0.25) is 0 Å². The highest BCUT2D eigenvalue weighted by Gasteiger charge is 2.21. The van der Waals surface area contributed by atoms with Crippen molar-refractivity contribution < 1.29 is 25.9 Å². The minimum Gasteiger partial charge on any atom is -0.297 e. The molecule has 0 spiro atoms. The van der Waals surface area contributed by atoms with Crippen LogP contribution in [0.1, 0.15) is 11.1 Å². The van der Waals surface area contributed by atoms with Gasteiger partial charge in [-0.05, 0) is 59.7 Å². The van der Waals surface area contributed by atoms with Crippen LogP contribution in [-0.2, 0) is 33.3 Å². The molecule has 2 aromatic heterocycles. The molecular weight excluding hydrogens is 577 g/mol. The van der Waals surface area contributed by atoms with E-state index in [1.807, 2.05) is 0 Å². The quantitative estimate of drug-likeness (QED) is 0.0888. The average molecular weight is 601 g/mol. The minimum absolute atomic E-state index is 0.108. The van der Waals surface area contributed by atoms with Crippen LogP contribution < -0.4 is 21.7 Å². The standard InChI is InChI=1S/C25H24N6O6S3/c32-39(33,34)21-11-5-7-17(23(21)19-9-1-3-13-26-19)15-28-30-25(38)31-29-16-18-8-6-12-22(40(35,36)37)24(18)20-10-2-4-14-27-20/h1-14,28-29H,15-16H2,(H2,30,31,38)(H,32,33,34)(H,35,36,37). The molecule has 4 rings (SSSR count). The van der Waals surface area contributed by atoms with E-state index in [4.69, 9.17) is 12.2 Å². The maximum Gasteiger partial charge on any atom is 0.295 e. The van der Waals surface area contributed by atoms with Crippen LogP contribution in [0.3, 0.4) is 0 Å². The third kappa shape index (κ3) is 7.22. The van der Waals surface area contributed by atoms with Crippen molar-refractivity contribution in [3.05, 3.63) is 96.3 Å². The third-order valence-electron chi connectivity index (χ3n) is 5.58. The van der Waals surface area contributed by atoms with Crippen molar-refractivity contribution in [2.75, 3.05) is 0 Å². The molecule has 15 heteroatoms. The maximum atomic E-state index is 12.0. The lowest BCUT2D eigenvalue weighted by molar-refractivity contribution is 0.481. The molecule has 0 aliphatic carbocycles. The number of aromatic nitrogens is 2. The number of benzene rings is 2. The van der Waals surface area contributed by atoms with Gasteiger partial charge >= 0.3 is 0 Å². The normalized spacial score (nSPS) is 11.7. The molecule has 208 valence electrons. The lowest BCUT2D eigenvalue weighted by atomic mass is 10.0. The summed E-state index contributed by atoms with van der Waals surface area (Å²) in [6.45, 7) is 0.217. The van der Waals surface area contributed by atoms with Gasteiger partial charge in [-0.2, -0.15) is 16.8 Å². The summed E-state index contributed by atoms with van der Waals surface area (Å²) in [7, 11) is -9.03. The van der Waals surface area contributed by atoms with E-state index in [2.05, 4.69) is 31.7 Å². The van der Waals surface area contributed by atoms with Gasteiger partial charge in [0.05, 0.1) is 11.4 Å². The van der Waals surface area contributed by atoms with Gasteiger partial charge < -0.3 is 0 Å². The molecule has 0 fully saturated rings. The fourth-order valence-corrected chi connectivity index (χ4v) is 5.58. The van der Waals surface area contributed by atoms with E-state index in [1.54, 1.807) is 48.5 Å². The minimum atomic E-state index is -4.51. The van der Waals surface area contributed by atoms with Gasteiger partial charge in [-0.25, -0.2) is 10.9 Å². The van der Waals surface area contributed by atoms with Crippen LogP contribution in [0.15, 0.2) is 95.0 Å². The topological polar surface area (TPSA) is 183 Å². The van der Waals surface area contributed by atoms with Crippen molar-refractivity contribution in [2.24, 2.45) is 0 Å². The highest BCUT2D eigenvalue weighted by atomic mass is 32.2. The summed E-state index contributed by atoms with van der Waals surface area (Å²) in [5.74, 6) is 0. The van der Waals surface area contributed by atoms with Crippen molar-refractivity contribution in [3.63, 3.8) is 0 Å². The Morgan fingerprint density at radius 3 is 1.43 bits per heavy atom. The lowest BCUT2D eigenvalue weighted by Crippen LogP contribution is -2.48. The summed E-state index contributed by atoms with van der Waals surface area (Å²) in [5.41, 5.74) is 13.6. The monoisotopic (exact) mass is 600 g/mol. The van der Waals surface area contributed by atoms with E-state index >= 15 is 0 Å². The first-order valence-corrected chi connectivity index (χ1v) is 14.9. The van der Waals surface area contributed by atoms with E-state index in [1.165, 1.54) is 36.7 Å². The van der Waals surface area contributed by atoms with E-state index in [0.717, 1.165) is 0 Å². The number of nitrogens with zero attached hydrogens (tertiary/aromatic N) is 2. The second kappa shape index (κ2) is 12.6. The third-order valence-corrected chi connectivity index (χ3v) is 7.58. The maximum absolute atomic E-state index is 12.0. The molecule has 0 saturated carbocycles. The second-order valence-electron chi connectivity index (χ2n) is 8.25. The molecule has 0 bridgehead atoms. The van der Waals surface area contributed by atoms with Crippen molar-refractivity contribution in [1.29, 1.82) is 0 Å². The molecule has 0 radical (unpaired) electrons. The van der Waals surface area contributed by atoms with Crippen LogP contribution >= 0.6 is 12.2 Å². The zero-order valence-electron chi connectivity index (χ0n) is 20.6.